The van der Waals surface area contributed by atoms with Crippen LogP contribution in [0.25, 0.3) is 0 Å². The average molecular weight is 203 g/mol. The highest BCUT2D eigenvalue weighted by Gasteiger charge is 2.14. The summed E-state index contributed by atoms with van der Waals surface area (Å²) in [5, 5.41) is 8.78. The fourth-order valence-corrected chi connectivity index (χ4v) is 1.49. The fraction of sp³-hybridized carbons (Fsp3) is 0.500. The summed E-state index contributed by atoms with van der Waals surface area (Å²) in [5.41, 5.74) is 0.875. The van der Waals surface area contributed by atoms with E-state index in [1.165, 1.54) is 0 Å². The van der Waals surface area contributed by atoms with Crippen molar-refractivity contribution >= 4 is 5.82 Å². The lowest BCUT2D eigenvalue weighted by molar-refractivity contribution is 0.418. The van der Waals surface area contributed by atoms with E-state index in [2.05, 4.69) is 36.7 Å². The Morgan fingerprint density at radius 2 is 2.13 bits per heavy atom. The molecule has 3 heteroatoms. The maximum absolute atomic E-state index is 8.78. The van der Waals surface area contributed by atoms with Crippen LogP contribution in [0, 0.1) is 16.7 Å². The van der Waals surface area contributed by atoms with Gasteiger partial charge < -0.3 is 4.90 Å². The zero-order valence-electron chi connectivity index (χ0n) is 9.78. The second-order valence-electron chi connectivity index (χ2n) is 4.93. The number of anilines is 1. The van der Waals surface area contributed by atoms with E-state index in [0.717, 1.165) is 12.4 Å². The van der Waals surface area contributed by atoms with E-state index in [1.54, 1.807) is 12.3 Å². The highest BCUT2D eigenvalue weighted by molar-refractivity contribution is 5.44. The molecular formula is C12H17N3. The summed E-state index contributed by atoms with van der Waals surface area (Å²) in [5.74, 6) is 0.851. The van der Waals surface area contributed by atoms with E-state index in [-0.39, 0.29) is 5.41 Å². The minimum atomic E-state index is 0.221. The molecule has 0 aliphatic rings. The molecule has 0 aromatic carbocycles. The van der Waals surface area contributed by atoms with Crippen LogP contribution in [0.4, 0.5) is 5.82 Å². The van der Waals surface area contributed by atoms with Crippen LogP contribution in [-0.4, -0.2) is 18.6 Å². The Labute approximate surface area is 91.4 Å². The Hall–Kier alpha value is -1.56. The largest absolute Gasteiger partial charge is 0.359 e. The Balaban J connectivity index is 2.83. The second kappa shape index (κ2) is 4.31. The number of nitrogens with zero attached hydrogens (tertiary/aromatic N) is 3. The summed E-state index contributed by atoms with van der Waals surface area (Å²) in [6.07, 6.45) is 1.67. The van der Waals surface area contributed by atoms with Crippen molar-refractivity contribution < 1.29 is 0 Å². The minimum Gasteiger partial charge on any atom is -0.359 e. The van der Waals surface area contributed by atoms with E-state index in [4.69, 9.17) is 5.26 Å². The lowest BCUT2D eigenvalue weighted by Gasteiger charge is -2.27. The molecule has 0 aliphatic heterocycles. The molecule has 0 saturated heterocycles. The molecule has 0 saturated carbocycles. The lowest BCUT2D eigenvalue weighted by atomic mass is 9.96. The van der Waals surface area contributed by atoms with Gasteiger partial charge >= 0.3 is 0 Å². The number of rotatable bonds is 2. The Morgan fingerprint density at radius 1 is 1.47 bits per heavy atom. The van der Waals surface area contributed by atoms with Gasteiger partial charge in [0.15, 0.2) is 0 Å². The van der Waals surface area contributed by atoms with Crippen molar-refractivity contribution in [2.75, 3.05) is 18.5 Å². The Bertz CT molecular complexity index is 371. The molecule has 80 valence electrons. The molecule has 0 fully saturated rings. The standard InChI is InChI=1S/C12H17N3/c1-12(2,3)9-15(4)11-7-10(8-13)5-6-14-11/h5-7H,9H2,1-4H3. The SMILES string of the molecule is CN(CC(C)(C)C)c1cc(C#N)ccn1. The molecule has 1 aromatic rings. The molecule has 0 N–H and O–H groups in total. The van der Waals surface area contributed by atoms with Gasteiger partial charge in [-0.2, -0.15) is 5.26 Å². The molecule has 1 heterocycles. The third kappa shape index (κ3) is 3.59. The number of nitriles is 1. The first-order valence-electron chi connectivity index (χ1n) is 5.00. The van der Waals surface area contributed by atoms with Crippen molar-refractivity contribution in [3.05, 3.63) is 23.9 Å². The van der Waals surface area contributed by atoms with Crippen LogP contribution in [0.3, 0.4) is 0 Å². The van der Waals surface area contributed by atoms with Gasteiger partial charge in [-0.15, -0.1) is 0 Å². The molecular weight excluding hydrogens is 186 g/mol. The fourth-order valence-electron chi connectivity index (χ4n) is 1.49. The van der Waals surface area contributed by atoms with Crippen molar-refractivity contribution in [1.82, 2.24) is 4.98 Å². The highest BCUT2D eigenvalue weighted by atomic mass is 15.2. The number of hydrogen-bond donors (Lipinski definition) is 0. The molecule has 0 spiro atoms. The monoisotopic (exact) mass is 203 g/mol. The molecule has 1 rings (SSSR count). The normalized spacial score (nSPS) is 10.9. The number of pyridine rings is 1. The quantitative estimate of drug-likeness (QED) is 0.741. The van der Waals surface area contributed by atoms with Gasteiger partial charge in [0, 0.05) is 19.8 Å². The highest BCUT2D eigenvalue weighted by Crippen LogP contribution is 2.18. The van der Waals surface area contributed by atoms with E-state index in [9.17, 15) is 0 Å². The molecule has 0 radical (unpaired) electrons. The van der Waals surface area contributed by atoms with Crippen molar-refractivity contribution in [2.24, 2.45) is 5.41 Å². The summed E-state index contributed by atoms with van der Waals surface area (Å²) in [6.45, 7) is 7.45. The van der Waals surface area contributed by atoms with Crippen LogP contribution in [0.2, 0.25) is 0 Å². The molecule has 0 unspecified atom stereocenters. The molecule has 0 bridgehead atoms. The molecule has 1 aromatic heterocycles. The Morgan fingerprint density at radius 3 is 2.67 bits per heavy atom. The van der Waals surface area contributed by atoms with Crippen LogP contribution in [0.1, 0.15) is 26.3 Å². The van der Waals surface area contributed by atoms with E-state index >= 15 is 0 Å². The zero-order valence-corrected chi connectivity index (χ0v) is 9.78. The summed E-state index contributed by atoms with van der Waals surface area (Å²) in [6, 6.07) is 5.65. The summed E-state index contributed by atoms with van der Waals surface area (Å²) < 4.78 is 0. The van der Waals surface area contributed by atoms with Crippen molar-refractivity contribution in [3.8, 4) is 6.07 Å². The van der Waals surface area contributed by atoms with Gasteiger partial charge in [-0.3, -0.25) is 0 Å². The maximum Gasteiger partial charge on any atom is 0.129 e. The summed E-state index contributed by atoms with van der Waals surface area (Å²) in [4.78, 5) is 6.32. The van der Waals surface area contributed by atoms with Crippen molar-refractivity contribution in [1.29, 1.82) is 5.26 Å². The first-order chi connectivity index (χ1) is 6.92. The van der Waals surface area contributed by atoms with Crippen LogP contribution >= 0.6 is 0 Å². The smallest absolute Gasteiger partial charge is 0.129 e. The molecule has 0 amide bonds. The van der Waals surface area contributed by atoms with Crippen molar-refractivity contribution in [3.63, 3.8) is 0 Å². The van der Waals surface area contributed by atoms with Gasteiger partial charge in [0.1, 0.15) is 5.82 Å². The van der Waals surface area contributed by atoms with E-state index < -0.39 is 0 Å². The molecule has 15 heavy (non-hydrogen) atoms. The summed E-state index contributed by atoms with van der Waals surface area (Å²) in [7, 11) is 1.99. The molecule has 0 atom stereocenters. The van der Waals surface area contributed by atoms with Gasteiger partial charge in [-0.1, -0.05) is 20.8 Å². The first-order valence-corrected chi connectivity index (χ1v) is 5.00. The van der Waals surface area contributed by atoms with Crippen LogP contribution < -0.4 is 4.90 Å². The predicted molar refractivity (Wildman–Crippen MR) is 61.7 cm³/mol. The summed E-state index contributed by atoms with van der Waals surface area (Å²) >= 11 is 0. The Kier molecular flexibility index (Phi) is 3.31. The van der Waals surface area contributed by atoms with Gasteiger partial charge in [-0.05, 0) is 17.5 Å². The lowest BCUT2D eigenvalue weighted by Crippen LogP contribution is -2.29. The van der Waals surface area contributed by atoms with E-state index in [0.29, 0.717) is 5.56 Å². The second-order valence-corrected chi connectivity index (χ2v) is 4.93. The van der Waals surface area contributed by atoms with Gasteiger partial charge in [0.05, 0.1) is 11.6 Å². The molecule has 3 nitrogen and oxygen atoms in total. The van der Waals surface area contributed by atoms with E-state index in [1.807, 2.05) is 13.1 Å². The number of aromatic nitrogens is 1. The third-order valence-corrected chi connectivity index (χ3v) is 1.98. The topological polar surface area (TPSA) is 39.9 Å². The van der Waals surface area contributed by atoms with Gasteiger partial charge in [-0.25, -0.2) is 4.98 Å². The number of hydrogen-bond acceptors (Lipinski definition) is 3. The van der Waals surface area contributed by atoms with Gasteiger partial charge in [0.25, 0.3) is 0 Å². The van der Waals surface area contributed by atoms with Gasteiger partial charge in [0.2, 0.25) is 0 Å². The zero-order chi connectivity index (χ0) is 11.5. The predicted octanol–water partition coefficient (Wildman–Crippen LogP) is 2.44. The van der Waals surface area contributed by atoms with Crippen LogP contribution in [-0.2, 0) is 0 Å². The minimum absolute atomic E-state index is 0.221. The third-order valence-electron chi connectivity index (χ3n) is 1.98. The average Bonchev–Trinajstić information content (AvgIpc) is 2.15. The first kappa shape index (κ1) is 11.5. The van der Waals surface area contributed by atoms with Crippen LogP contribution in [0.15, 0.2) is 18.3 Å². The maximum atomic E-state index is 8.78. The van der Waals surface area contributed by atoms with Crippen LogP contribution in [0.5, 0.6) is 0 Å². The molecule has 0 aliphatic carbocycles. The van der Waals surface area contributed by atoms with Crippen molar-refractivity contribution in [2.45, 2.75) is 20.8 Å².